The van der Waals surface area contributed by atoms with Gasteiger partial charge in [0.15, 0.2) is 10.9 Å². The quantitative estimate of drug-likeness (QED) is 0.454. The Kier molecular flexibility index (Phi) is 6.95. The first-order valence-electron chi connectivity index (χ1n) is 12.8. The topological polar surface area (TPSA) is 113 Å². The van der Waals surface area contributed by atoms with E-state index in [0.29, 0.717) is 46.4 Å². The Morgan fingerprint density at radius 2 is 1.95 bits per heavy atom. The molecule has 3 heterocycles. The minimum Gasteiger partial charge on any atom is -0.495 e. The summed E-state index contributed by atoms with van der Waals surface area (Å²) in [6.07, 6.45) is 7.94. The van der Waals surface area contributed by atoms with Gasteiger partial charge < -0.3 is 19.9 Å². The molecule has 2 amide bonds. The van der Waals surface area contributed by atoms with E-state index in [1.54, 1.807) is 49.7 Å². The number of benzene rings is 1. The highest BCUT2D eigenvalue weighted by atomic mass is 32.1. The first-order chi connectivity index (χ1) is 18.2. The van der Waals surface area contributed by atoms with Gasteiger partial charge in [-0.2, -0.15) is 4.98 Å². The molecule has 5 rings (SSSR count). The number of anilines is 5. The van der Waals surface area contributed by atoms with Crippen LogP contribution in [0.4, 0.5) is 28.3 Å². The second kappa shape index (κ2) is 10.2. The maximum absolute atomic E-state index is 13.2. The monoisotopic (exact) mass is 535 g/mol. The Balaban J connectivity index is 1.43. The Morgan fingerprint density at radius 1 is 1.18 bits per heavy atom. The first-order valence-corrected chi connectivity index (χ1v) is 13.6. The largest absolute Gasteiger partial charge is 0.495 e. The number of amides is 2. The molecule has 1 aliphatic carbocycles. The SMILES string of the molecule is COc1cc(C(=O)Nc2ncc(C)s2)ccc1Nc1ncc2c(n1)N(C1CCCC1)CC(C)(C)C(=O)N2C. The van der Waals surface area contributed by atoms with Gasteiger partial charge >= 0.3 is 0 Å². The minimum absolute atomic E-state index is 0.0481. The number of aryl methyl sites for hydroxylation is 1. The highest BCUT2D eigenvalue weighted by molar-refractivity contribution is 7.15. The lowest BCUT2D eigenvalue weighted by Gasteiger charge is -2.34. The van der Waals surface area contributed by atoms with Gasteiger partial charge in [-0.05, 0) is 51.8 Å². The molecule has 1 saturated carbocycles. The third-order valence-electron chi connectivity index (χ3n) is 7.15. The van der Waals surface area contributed by atoms with Crippen molar-refractivity contribution in [2.45, 2.75) is 52.5 Å². The number of thiazole rings is 1. The number of rotatable bonds is 6. The highest BCUT2D eigenvalue weighted by Gasteiger charge is 2.41. The molecule has 0 saturated heterocycles. The fourth-order valence-electron chi connectivity index (χ4n) is 5.16. The van der Waals surface area contributed by atoms with Crippen molar-refractivity contribution < 1.29 is 14.3 Å². The molecule has 2 aromatic heterocycles. The molecule has 0 radical (unpaired) electrons. The van der Waals surface area contributed by atoms with Crippen LogP contribution in [0.25, 0.3) is 0 Å². The molecule has 1 aromatic carbocycles. The number of carbonyl (C=O) groups excluding carboxylic acids is 2. The van der Waals surface area contributed by atoms with Crippen molar-refractivity contribution in [2.75, 3.05) is 41.1 Å². The van der Waals surface area contributed by atoms with E-state index in [2.05, 4.69) is 25.5 Å². The van der Waals surface area contributed by atoms with Crippen LogP contribution in [0.15, 0.2) is 30.6 Å². The van der Waals surface area contributed by atoms with Gasteiger partial charge in [-0.15, -0.1) is 11.3 Å². The molecule has 0 unspecified atom stereocenters. The molecule has 1 aliphatic heterocycles. The highest BCUT2D eigenvalue weighted by Crippen LogP contribution is 2.40. The molecule has 0 spiro atoms. The third-order valence-corrected chi connectivity index (χ3v) is 7.98. The molecule has 1 fully saturated rings. The van der Waals surface area contributed by atoms with Gasteiger partial charge in [0.25, 0.3) is 5.91 Å². The van der Waals surface area contributed by atoms with Crippen molar-refractivity contribution in [1.29, 1.82) is 0 Å². The lowest BCUT2D eigenvalue weighted by atomic mass is 9.91. The van der Waals surface area contributed by atoms with Gasteiger partial charge in [-0.3, -0.25) is 14.9 Å². The standard InChI is InChI=1S/C27H33N7O3S/c1-16-13-29-26(38-16)32-23(35)17-10-11-19(21(12-17)37-5)30-25-28-14-20-22(31-25)34(18-8-6-7-9-18)15-27(2,3)24(36)33(20)4/h10-14,18H,6-9,15H2,1-5H3,(H,28,30,31)(H,29,32,35). The molecule has 2 N–H and O–H groups in total. The molecule has 200 valence electrons. The van der Waals surface area contributed by atoms with Crippen LogP contribution in [0.3, 0.4) is 0 Å². The zero-order valence-corrected chi connectivity index (χ0v) is 23.2. The number of fused-ring (bicyclic) bond motifs is 1. The Labute approximate surface area is 226 Å². The average molecular weight is 536 g/mol. The molecule has 0 atom stereocenters. The van der Waals surface area contributed by atoms with Gasteiger partial charge in [0, 0.05) is 36.3 Å². The van der Waals surface area contributed by atoms with E-state index < -0.39 is 5.41 Å². The third kappa shape index (κ3) is 5.02. The zero-order chi connectivity index (χ0) is 27.0. The predicted octanol–water partition coefficient (Wildman–Crippen LogP) is 5.00. The van der Waals surface area contributed by atoms with E-state index >= 15 is 0 Å². The lowest BCUT2D eigenvalue weighted by molar-refractivity contribution is -0.125. The summed E-state index contributed by atoms with van der Waals surface area (Å²) in [7, 11) is 3.34. The minimum atomic E-state index is -0.553. The van der Waals surface area contributed by atoms with Crippen LogP contribution in [0.1, 0.15) is 54.8 Å². The molecule has 38 heavy (non-hydrogen) atoms. The van der Waals surface area contributed by atoms with E-state index in [1.807, 2.05) is 20.8 Å². The molecule has 2 aliphatic rings. The number of nitrogens with zero attached hydrogens (tertiary/aromatic N) is 5. The molecule has 10 nitrogen and oxygen atoms in total. The van der Waals surface area contributed by atoms with Crippen LogP contribution in [-0.4, -0.2) is 53.5 Å². The number of carbonyl (C=O) groups is 2. The van der Waals surface area contributed by atoms with Crippen LogP contribution < -0.4 is 25.2 Å². The van der Waals surface area contributed by atoms with Crippen molar-refractivity contribution in [2.24, 2.45) is 5.41 Å². The summed E-state index contributed by atoms with van der Waals surface area (Å²) < 4.78 is 5.58. The second-order valence-electron chi connectivity index (χ2n) is 10.5. The van der Waals surface area contributed by atoms with Crippen LogP contribution in [0.5, 0.6) is 5.75 Å². The normalized spacial score (nSPS) is 17.2. The first kappa shape index (κ1) is 25.9. The Hall–Kier alpha value is -3.73. The number of hydrogen-bond donors (Lipinski definition) is 2. The van der Waals surface area contributed by atoms with E-state index in [4.69, 9.17) is 9.72 Å². The predicted molar refractivity (Wildman–Crippen MR) is 150 cm³/mol. The summed E-state index contributed by atoms with van der Waals surface area (Å²) in [4.78, 5) is 44.6. The van der Waals surface area contributed by atoms with E-state index in [9.17, 15) is 9.59 Å². The van der Waals surface area contributed by atoms with Crippen molar-refractivity contribution in [1.82, 2.24) is 15.0 Å². The summed E-state index contributed by atoms with van der Waals surface area (Å²) in [6.45, 7) is 6.51. The van der Waals surface area contributed by atoms with E-state index in [-0.39, 0.29) is 11.8 Å². The number of ether oxygens (including phenoxy) is 1. The van der Waals surface area contributed by atoms with Crippen molar-refractivity contribution >= 4 is 51.4 Å². The van der Waals surface area contributed by atoms with Crippen LogP contribution in [0.2, 0.25) is 0 Å². The van der Waals surface area contributed by atoms with Crippen LogP contribution >= 0.6 is 11.3 Å². The lowest BCUT2D eigenvalue weighted by Crippen LogP contribution is -2.45. The summed E-state index contributed by atoms with van der Waals surface area (Å²) in [5, 5.41) is 6.61. The van der Waals surface area contributed by atoms with Crippen molar-refractivity contribution in [3.05, 3.63) is 41.0 Å². The fraction of sp³-hybridized carbons (Fsp3) is 0.444. The Bertz CT molecular complexity index is 1370. The zero-order valence-electron chi connectivity index (χ0n) is 22.4. The van der Waals surface area contributed by atoms with Crippen LogP contribution in [0, 0.1) is 12.3 Å². The summed E-state index contributed by atoms with van der Waals surface area (Å²) >= 11 is 1.42. The van der Waals surface area contributed by atoms with Crippen molar-refractivity contribution in [3.63, 3.8) is 0 Å². The average Bonchev–Trinajstić information content (AvgIpc) is 3.57. The molecule has 11 heteroatoms. The van der Waals surface area contributed by atoms with Gasteiger partial charge in [0.1, 0.15) is 11.4 Å². The summed E-state index contributed by atoms with van der Waals surface area (Å²) in [6, 6.07) is 5.48. The number of aromatic nitrogens is 3. The maximum atomic E-state index is 13.2. The molecule has 3 aromatic rings. The van der Waals surface area contributed by atoms with Gasteiger partial charge in [0.2, 0.25) is 11.9 Å². The Morgan fingerprint density at radius 3 is 2.63 bits per heavy atom. The fourth-order valence-corrected chi connectivity index (χ4v) is 5.82. The summed E-state index contributed by atoms with van der Waals surface area (Å²) in [5.41, 5.74) is 1.22. The summed E-state index contributed by atoms with van der Waals surface area (Å²) in [5.74, 6) is 1.40. The maximum Gasteiger partial charge on any atom is 0.257 e. The number of hydrogen-bond acceptors (Lipinski definition) is 9. The molecule has 0 bridgehead atoms. The van der Waals surface area contributed by atoms with Crippen molar-refractivity contribution in [3.8, 4) is 5.75 Å². The smallest absolute Gasteiger partial charge is 0.257 e. The van der Waals surface area contributed by atoms with E-state index in [1.165, 1.54) is 24.2 Å². The van der Waals surface area contributed by atoms with Gasteiger partial charge in [-0.1, -0.05) is 12.8 Å². The van der Waals surface area contributed by atoms with Gasteiger partial charge in [-0.25, -0.2) is 9.97 Å². The second-order valence-corrected chi connectivity index (χ2v) is 11.7. The number of nitrogens with one attached hydrogen (secondary N) is 2. The van der Waals surface area contributed by atoms with Gasteiger partial charge in [0.05, 0.1) is 24.4 Å². The van der Waals surface area contributed by atoms with E-state index in [0.717, 1.165) is 23.5 Å². The number of methoxy groups -OCH3 is 1. The molecular weight excluding hydrogens is 502 g/mol. The molecular formula is C27H33N7O3S. The van der Waals surface area contributed by atoms with Crippen LogP contribution in [-0.2, 0) is 4.79 Å².